The van der Waals surface area contributed by atoms with Crippen molar-refractivity contribution in [1.29, 1.82) is 0 Å². The molecule has 2 fully saturated rings. The molecule has 14 heavy (non-hydrogen) atoms. The zero-order valence-electron chi connectivity index (χ0n) is 8.75. The van der Waals surface area contributed by atoms with Crippen molar-refractivity contribution in [3.8, 4) is 0 Å². The van der Waals surface area contributed by atoms with E-state index >= 15 is 0 Å². The Morgan fingerprint density at radius 2 is 2.29 bits per heavy atom. The predicted molar refractivity (Wildman–Crippen MR) is 55.0 cm³/mol. The van der Waals surface area contributed by atoms with E-state index in [4.69, 9.17) is 0 Å². The maximum Gasteiger partial charge on any atom is 0.233 e. The monoisotopic (exact) mass is 197 g/mol. The van der Waals surface area contributed by atoms with Crippen LogP contribution in [0.25, 0.3) is 0 Å². The summed E-state index contributed by atoms with van der Waals surface area (Å²) in [5.74, 6) is 1.73. The van der Waals surface area contributed by atoms with E-state index in [9.17, 15) is 4.79 Å². The van der Waals surface area contributed by atoms with Gasteiger partial charge in [-0.15, -0.1) is 0 Å². The van der Waals surface area contributed by atoms with Gasteiger partial charge in [0, 0.05) is 20.1 Å². The number of hydrogen-bond donors (Lipinski definition) is 2. The zero-order chi connectivity index (χ0) is 9.97. The Morgan fingerprint density at radius 1 is 1.50 bits per heavy atom. The molecular formula is C10H19N3O. The summed E-state index contributed by atoms with van der Waals surface area (Å²) in [5.41, 5.74) is 0. The highest BCUT2D eigenvalue weighted by atomic mass is 16.1. The minimum atomic E-state index is 0.136. The van der Waals surface area contributed by atoms with Crippen LogP contribution in [0.1, 0.15) is 6.42 Å². The Kier molecular flexibility index (Phi) is 3.03. The Balaban J connectivity index is 1.83. The Hall–Kier alpha value is -0.610. The third-order valence-corrected chi connectivity index (χ3v) is 3.40. The van der Waals surface area contributed by atoms with Crippen LogP contribution in [-0.2, 0) is 4.79 Å². The molecular weight excluding hydrogens is 178 g/mol. The normalized spacial score (nSPS) is 32.6. The first kappa shape index (κ1) is 9.93. The second-order valence-electron chi connectivity index (χ2n) is 4.38. The van der Waals surface area contributed by atoms with Crippen molar-refractivity contribution in [2.45, 2.75) is 6.42 Å². The summed E-state index contributed by atoms with van der Waals surface area (Å²) in [7, 11) is 1.70. The molecule has 2 aliphatic heterocycles. The number of carbonyl (C=O) groups excluding carboxylic acids is 1. The fraction of sp³-hybridized carbons (Fsp3) is 0.900. The maximum atomic E-state index is 11.2. The van der Waals surface area contributed by atoms with E-state index in [1.54, 1.807) is 7.05 Å². The molecule has 2 rings (SSSR count). The first-order valence-corrected chi connectivity index (χ1v) is 5.43. The SMILES string of the molecule is CNC(=O)CN1CC2CCNCC2C1. The Labute approximate surface area is 85.0 Å². The summed E-state index contributed by atoms with van der Waals surface area (Å²) in [6.07, 6.45) is 1.27. The van der Waals surface area contributed by atoms with Gasteiger partial charge in [0.25, 0.3) is 0 Å². The van der Waals surface area contributed by atoms with Gasteiger partial charge in [0.2, 0.25) is 5.91 Å². The van der Waals surface area contributed by atoms with E-state index in [0.29, 0.717) is 6.54 Å². The third-order valence-electron chi connectivity index (χ3n) is 3.40. The highest BCUT2D eigenvalue weighted by Crippen LogP contribution is 2.27. The molecule has 0 spiro atoms. The first-order valence-electron chi connectivity index (χ1n) is 5.43. The van der Waals surface area contributed by atoms with Crippen molar-refractivity contribution in [2.24, 2.45) is 11.8 Å². The molecule has 0 aromatic heterocycles. The topological polar surface area (TPSA) is 44.4 Å². The van der Waals surface area contributed by atoms with Gasteiger partial charge in [-0.1, -0.05) is 0 Å². The predicted octanol–water partition coefficient (Wildman–Crippen LogP) is -0.726. The minimum Gasteiger partial charge on any atom is -0.358 e. The lowest BCUT2D eigenvalue weighted by atomic mass is 9.90. The molecule has 4 nitrogen and oxygen atoms in total. The molecule has 2 saturated heterocycles. The number of fused-ring (bicyclic) bond motifs is 1. The van der Waals surface area contributed by atoms with Gasteiger partial charge >= 0.3 is 0 Å². The van der Waals surface area contributed by atoms with Crippen molar-refractivity contribution in [3.05, 3.63) is 0 Å². The van der Waals surface area contributed by atoms with Gasteiger partial charge in [-0.25, -0.2) is 0 Å². The summed E-state index contributed by atoms with van der Waals surface area (Å²) in [6.45, 7) is 5.05. The second kappa shape index (κ2) is 4.28. The van der Waals surface area contributed by atoms with Crippen LogP contribution in [0.3, 0.4) is 0 Å². The quantitative estimate of drug-likeness (QED) is 0.614. The van der Waals surface area contributed by atoms with Crippen LogP contribution < -0.4 is 10.6 Å². The molecule has 0 bridgehead atoms. The van der Waals surface area contributed by atoms with Crippen LogP contribution >= 0.6 is 0 Å². The lowest BCUT2D eigenvalue weighted by Gasteiger charge is -2.24. The van der Waals surface area contributed by atoms with Crippen LogP contribution in [0.15, 0.2) is 0 Å². The smallest absolute Gasteiger partial charge is 0.233 e. The van der Waals surface area contributed by atoms with E-state index in [1.807, 2.05) is 0 Å². The molecule has 80 valence electrons. The summed E-state index contributed by atoms with van der Waals surface area (Å²) >= 11 is 0. The highest BCUT2D eigenvalue weighted by molar-refractivity contribution is 5.77. The van der Waals surface area contributed by atoms with Crippen molar-refractivity contribution in [1.82, 2.24) is 15.5 Å². The molecule has 0 aromatic carbocycles. The van der Waals surface area contributed by atoms with Gasteiger partial charge in [-0.05, 0) is 31.3 Å². The zero-order valence-corrected chi connectivity index (χ0v) is 8.75. The molecule has 2 heterocycles. The summed E-state index contributed by atoms with van der Waals surface area (Å²) < 4.78 is 0. The van der Waals surface area contributed by atoms with Gasteiger partial charge in [0.15, 0.2) is 0 Å². The number of likely N-dealkylation sites (N-methyl/N-ethyl adjacent to an activating group) is 1. The molecule has 2 aliphatic rings. The largest absolute Gasteiger partial charge is 0.358 e. The maximum absolute atomic E-state index is 11.2. The molecule has 1 amide bonds. The van der Waals surface area contributed by atoms with Crippen LogP contribution in [0.2, 0.25) is 0 Å². The van der Waals surface area contributed by atoms with Crippen molar-refractivity contribution >= 4 is 5.91 Å². The average Bonchev–Trinajstić information content (AvgIpc) is 2.59. The van der Waals surface area contributed by atoms with E-state index in [-0.39, 0.29) is 5.91 Å². The molecule has 2 unspecified atom stereocenters. The van der Waals surface area contributed by atoms with Gasteiger partial charge in [0.1, 0.15) is 0 Å². The Morgan fingerprint density at radius 3 is 3.00 bits per heavy atom. The number of nitrogens with zero attached hydrogens (tertiary/aromatic N) is 1. The molecule has 2 atom stereocenters. The summed E-state index contributed by atoms with van der Waals surface area (Å²) in [5, 5.41) is 6.09. The number of likely N-dealkylation sites (tertiary alicyclic amines) is 1. The number of carbonyl (C=O) groups is 1. The summed E-state index contributed by atoms with van der Waals surface area (Å²) in [6, 6.07) is 0. The van der Waals surface area contributed by atoms with Crippen LogP contribution in [0.5, 0.6) is 0 Å². The molecule has 0 aliphatic carbocycles. The highest BCUT2D eigenvalue weighted by Gasteiger charge is 2.34. The number of hydrogen-bond acceptors (Lipinski definition) is 3. The summed E-state index contributed by atoms with van der Waals surface area (Å²) in [4.78, 5) is 13.5. The van der Waals surface area contributed by atoms with Crippen LogP contribution in [0, 0.1) is 11.8 Å². The van der Waals surface area contributed by atoms with Gasteiger partial charge in [0.05, 0.1) is 6.54 Å². The Bertz CT molecular complexity index is 205. The van der Waals surface area contributed by atoms with Gasteiger partial charge in [-0.3, -0.25) is 9.69 Å². The lowest BCUT2D eigenvalue weighted by Crippen LogP contribution is -2.36. The van der Waals surface area contributed by atoms with Gasteiger partial charge < -0.3 is 10.6 Å². The average molecular weight is 197 g/mol. The fourth-order valence-corrected chi connectivity index (χ4v) is 2.58. The molecule has 4 heteroatoms. The van der Waals surface area contributed by atoms with Crippen molar-refractivity contribution < 1.29 is 4.79 Å². The van der Waals surface area contributed by atoms with E-state index in [1.165, 1.54) is 6.42 Å². The number of amides is 1. The van der Waals surface area contributed by atoms with Gasteiger partial charge in [-0.2, -0.15) is 0 Å². The standard InChI is InChI=1S/C10H19N3O/c1-11-10(14)7-13-5-8-2-3-12-4-9(8)6-13/h8-9,12H,2-7H2,1H3,(H,11,14). The molecule has 0 aromatic rings. The molecule has 0 radical (unpaired) electrons. The second-order valence-corrected chi connectivity index (χ2v) is 4.38. The fourth-order valence-electron chi connectivity index (χ4n) is 2.58. The number of nitrogens with one attached hydrogen (secondary N) is 2. The minimum absolute atomic E-state index is 0.136. The van der Waals surface area contributed by atoms with Crippen molar-refractivity contribution in [2.75, 3.05) is 39.8 Å². The van der Waals surface area contributed by atoms with E-state index in [2.05, 4.69) is 15.5 Å². The lowest BCUT2D eigenvalue weighted by molar-refractivity contribution is -0.121. The van der Waals surface area contributed by atoms with Crippen LogP contribution in [-0.4, -0.2) is 50.6 Å². The first-order chi connectivity index (χ1) is 6.79. The number of rotatable bonds is 2. The van der Waals surface area contributed by atoms with Crippen LogP contribution in [0.4, 0.5) is 0 Å². The van der Waals surface area contributed by atoms with Crippen molar-refractivity contribution in [3.63, 3.8) is 0 Å². The molecule has 2 N–H and O–H groups in total. The molecule has 0 saturated carbocycles. The van der Waals surface area contributed by atoms with E-state index < -0.39 is 0 Å². The number of piperidine rings is 1. The van der Waals surface area contributed by atoms with E-state index in [0.717, 1.165) is 38.0 Å². The third kappa shape index (κ3) is 2.07.